The lowest BCUT2D eigenvalue weighted by atomic mass is 10.1. The molecule has 5 rings (SSSR count). The summed E-state index contributed by atoms with van der Waals surface area (Å²) in [5.41, 5.74) is 3.71. The van der Waals surface area contributed by atoms with Gasteiger partial charge in [-0.25, -0.2) is 18.2 Å². The van der Waals surface area contributed by atoms with Gasteiger partial charge in [0.15, 0.2) is 5.58 Å². The number of oxazole rings is 1. The number of thiazole rings is 1. The molecule has 0 bridgehead atoms. The predicted octanol–water partition coefficient (Wildman–Crippen LogP) is 4.53. The van der Waals surface area contributed by atoms with Gasteiger partial charge in [0.1, 0.15) is 10.8 Å². The van der Waals surface area contributed by atoms with Crippen molar-refractivity contribution in [3.05, 3.63) is 70.7 Å². The second-order valence-electron chi connectivity index (χ2n) is 7.54. The molecule has 0 spiro atoms. The van der Waals surface area contributed by atoms with E-state index in [9.17, 15) is 13.2 Å². The van der Waals surface area contributed by atoms with E-state index in [1.807, 2.05) is 37.3 Å². The zero-order valence-corrected chi connectivity index (χ0v) is 19.6. The summed E-state index contributed by atoms with van der Waals surface area (Å²) in [6.45, 7) is 1.83. The van der Waals surface area contributed by atoms with E-state index in [0.717, 1.165) is 32.1 Å². The molecule has 0 fully saturated rings. The number of nitrogens with one attached hydrogen (secondary N) is 1. The molecular weight excluding hydrogens is 462 g/mol. The van der Waals surface area contributed by atoms with Crippen LogP contribution in [0.1, 0.15) is 5.56 Å². The first-order valence-corrected chi connectivity index (χ1v) is 12.2. The zero-order chi connectivity index (χ0) is 23.3. The first-order valence-electron chi connectivity index (χ1n) is 9.93. The standard InChI is InChI=1S/C23H19N3O5S2/c1-13-10-14(22-24-18-8-5-15(30-3)11-21(18)32-22)4-7-17(13)25-33(28,29)16-6-9-19-20(12-16)31-23(27)26(19)2/h4-12,25H,1-3H3. The Morgan fingerprint density at radius 2 is 1.91 bits per heavy atom. The lowest BCUT2D eigenvalue weighted by Crippen LogP contribution is -2.13. The van der Waals surface area contributed by atoms with Crippen LogP contribution in [-0.4, -0.2) is 25.1 Å². The maximum absolute atomic E-state index is 13.0. The van der Waals surface area contributed by atoms with Gasteiger partial charge in [0.2, 0.25) is 0 Å². The van der Waals surface area contributed by atoms with Gasteiger partial charge in [0, 0.05) is 18.7 Å². The Hall–Kier alpha value is -3.63. The van der Waals surface area contributed by atoms with E-state index in [0.29, 0.717) is 11.2 Å². The number of hydrogen-bond acceptors (Lipinski definition) is 7. The predicted molar refractivity (Wildman–Crippen MR) is 129 cm³/mol. The molecule has 0 radical (unpaired) electrons. The highest BCUT2D eigenvalue weighted by Crippen LogP contribution is 2.34. The molecular formula is C23H19N3O5S2. The number of benzene rings is 3. The summed E-state index contributed by atoms with van der Waals surface area (Å²) in [6.07, 6.45) is 0. The molecule has 0 atom stereocenters. The number of sulfonamides is 1. The summed E-state index contributed by atoms with van der Waals surface area (Å²) < 4.78 is 41.3. The van der Waals surface area contributed by atoms with Crippen molar-refractivity contribution in [2.45, 2.75) is 11.8 Å². The van der Waals surface area contributed by atoms with Crippen molar-refractivity contribution in [3.8, 4) is 16.3 Å². The topological polar surface area (TPSA) is 103 Å². The van der Waals surface area contributed by atoms with Crippen LogP contribution in [0.3, 0.4) is 0 Å². The molecule has 0 saturated carbocycles. The first kappa shape index (κ1) is 21.2. The smallest absolute Gasteiger partial charge is 0.419 e. The van der Waals surface area contributed by atoms with Crippen LogP contribution in [0.25, 0.3) is 31.9 Å². The minimum Gasteiger partial charge on any atom is -0.497 e. The Kier molecular flexibility index (Phi) is 4.98. The van der Waals surface area contributed by atoms with Crippen molar-refractivity contribution < 1.29 is 17.6 Å². The van der Waals surface area contributed by atoms with E-state index in [2.05, 4.69) is 9.71 Å². The fourth-order valence-corrected chi connectivity index (χ4v) is 5.69. The van der Waals surface area contributed by atoms with Crippen molar-refractivity contribution in [1.82, 2.24) is 9.55 Å². The fourth-order valence-electron chi connectivity index (χ4n) is 3.55. The van der Waals surface area contributed by atoms with Gasteiger partial charge in [-0.3, -0.25) is 9.29 Å². The molecule has 2 aromatic heterocycles. The minimum atomic E-state index is -3.88. The monoisotopic (exact) mass is 481 g/mol. The number of ether oxygens (including phenoxy) is 1. The minimum absolute atomic E-state index is 0.00736. The second kappa shape index (κ2) is 7.75. The summed E-state index contributed by atoms with van der Waals surface area (Å²) in [5, 5.41) is 0.834. The van der Waals surface area contributed by atoms with Gasteiger partial charge in [-0.1, -0.05) is 0 Å². The van der Waals surface area contributed by atoms with Crippen molar-refractivity contribution >= 4 is 48.4 Å². The van der Waals surface area contributed by atoms with Gasteiger partial charge in [0.25, 0.3) is 10.0 Å². The molecule has 33 heavy (non-hydrogen) atoms. The maximum atomic E-state index is 13.0. The quantitative estimate of drug-likeness (QED) is 0.396. The third-order valence-corrected chi connectivity index (χ3v) is 7.82. The van der Waals surface area contributed by atoms with Crippen LogP contribution in [0.2, 0.25) is 0 Å². The van der Waals surface area contributed by atoms with E-state index in [-0.39, 0.29) is 10.5 Å². The lowest BCUT2D eigenvalue weighted by molar-refractivity contribution is 0.415. The highest BCUT2D eigenvalue weighted by atomic mass is 32.2. The van der Waals surface area contributed by atoms with Gasteiger partial charge < -0.3 is 9.15 Å². The van der Waals surface area contributed by atoms with Crippen LogP contribution >= 0.6 is 11.3 Å². The number of aromatic nitrogens is 2. The lowest BCUT2D eigenvalue weighted by Gasteiger charge is -2.11. The number of methoxy groups -OCH3 is 1. The van der Waals surface area contributed by atoms with Gasteiger partial charge in [0.05, 0.1) is 33.4 Å². The van der Waals surface area contributed by atoms with Crippen LogP contribution in [0.5, 0.6) is 5.75 Å². The summed E-state index contributed by atoms with van der Waals surface area (Å²) in [7, 11) is -0.697. The Morgan fingerprint density at radius 1 is 1.09 bits per heavy atom. The molecule has 168 valence electrons. The van der Waals surface area contributed by atoms with E-state index in [4.69, 9.17) is 9.15 Å². The van der Waals surface area contributed by atoms with Gasteiger partial charge >= 0.3 is 5.76 Å². The van der Waals surface area contributed by atoms with E-state index < -0.39 is 15.8 Å². The molecule has 0 unspecified atom stereocenters. The Balaban J connectivity index is 1.45. The fraction of sp³-hybridized carbons (Fsp3) is 0.130. The first-order chi connectivity index (χ1) is 15.7. The summed E-state index contributed by atoms with van der Waals surface area (Å²) >= 11 is 1.54. The number of anilines is 1. The average Bonchev–Trinajstić information content (AvgIpc) is 3.34. The summed E-state index contributed by atoms with van der Waals surface area (Å²) in [5.74, 6) is 0.221. The van der Waals surface area contributed by atoms with E-state index in [1.54, 1.807) is 37.6 Å². The molecule has 2 heterocycles. The van der Waals surface area contributed by atoms with Crippen molar-refractivity contribution in [2.75, 3.05) is 11.8 Å². The van der Waals surface area contributed by atoms with Crippen LogP contribution in [0.15, 0.2) is 68.7 Å². The average molecular weight is 482 g/mol. The SMILES string of the molecule is COc1ccc2nc(-c3ccc(NS(=O)(=O)c4ccc5c(c4)oc(=O)n5C)c(C)c3)sc2c1. The third kappa shape index (κ3) is 3.77. The molecule has 0 aliphatic rings. The number of fused-ring (bicyclic) bond motifs is 2. The highest BCUT2D eigenvalue weighted by Gasteiger charge is 2.18. The van der Waals surface area contributed by atoms with Gasteiger partial charge in [-0.15, -0.1) is 11.3 Å². The summed E-state index contributed by atoms with van der Waals surface area (Å²) in [6, 6.07) is 15.5. The number of aryl methyl sites for hydroxylation is 2. The zero-order valence-electron chi connectivity index (χ0n) is 17.9. The van der Waals surface area contributed by atoms with Crippen molar-refractivity contribution in [1.29, 1.82) is 0 Å². The molecule has 0 aliphatic carbocycles. The third-order valence-electron chi connectivity index (χ3n) is 5.39. The van der Waals surface area contributed by atoms with E-state index in [1.165, 1.54) is 16.7 Å². The van der Waals surface area contributed by atoms with Crippen LogP contribution in [-0.2, 0) is 17.1 Å². The van der Waals surface area contributed by atoms with Gasteiger partial charge in [-0.05, 0) is 61.0 Å². The molecule has 5 aromatic rings. The summed E-state index contributed by atoms with van der Waals surface area (Å²) in [4.78, 5) is 16.4. The van der Waals surface area contributed by atoms with Gasteiger partial charge in [-0.2, -0.15) is 0 Å². The molecule has 3 aromatic carbocycles. The van der Waals surface area contributed by atoms with Crippen molar-refractivity contribution in [2.24, 2.45) is 7.05 Å². The molecule has 0 aliphatic heterocycles. The number of hydrogen-bond donors (Lipinski definition) is 1. The molecule has 0 saturated heterocycles. The van der Waals surface area contributed by atoms with Crippen molar-refractivity contribution in [3.63, 3.8) is 0 Å². The Labute approximate surface area is 193 Å². The molecule has 1 N–H and O–H groups in total. The maximum Gasteiger partial charge on any atom is 0.419 e. The Bertz CT molecular complexity index is 1700. The van der Waals surface area contributed by atoms with Crippen LogP contribution in [0, 0.1) is 6.92 Å². The van der Waals surface area contributed by atoms with E-state index >= 15 is 0 Å². The molecule has 10 heteroatoms. The highest BCUT2D eigenvalue weighted by molar-refractivity contribution is 7.92. The Morgan fingerprint density at radius 3 is 2.67 bits per heavy atom. The number of nitrogens with zero attached hydrogens (tertiary/aromatic N) is 2. The normalized spacial score (nSPS) is 11.8. The molecule has 8 nitrogen and oxygen atoms in total. The van der Waals surface area contributed by atoms with Crippen LogP contribution < -0.4 is 15.2 Å². The second-order valence-corrected chi connectivity index (χ2v) is 10.3. The largest absolute Gasteiger partial charge is 0.497 e. The molecule has 0 amide bonds. The number of rotatable bonds is 5. The van der Waals surface area contributed by atoms with Crippen LogP contribution in [0.4, 0.5) is 5.69 Å².